The van der Waals surface area contributed by atoms with Crippen LogP contribution in [-0.2, 0) is 4.79 Å². The summed E-state index contributed by atoms with van der Waals surface area (Å²) in [5.41, 5.74) is 1.19. The van der Waals surface area contributed by atoms with Gasteiger partial charge in [0.25, 0.3) is 0 Å². The van der Waals surface area contributed by atoms with Crippen LogP contribution in [0.1, 0.15) is 23.3 Å². The smallest absolute Gasteiger partial charge is 0.246 e. The maximum absolute atomic E-state index is 12.0. The van der Waals surface area contributed by atoms with Crippen LogP contribution in [0.5, 0.6) is 0 Å². The van der Waals surface area contributed by atoms with Gasteiger partial charge in [0.2, 0.25) is 5.91 Å². The second kappa shape index (κ2) is 5.47. The molecule has 92 valence electrons. The highest BCUT2D eigenvalue weighted by molar-refractivity contribution is 7.11. The molecule has 1 N–H and O–H groups in total. The lowest BCUT2D eigenvalue weighted by Gasteiger charge is -2.21. The zero-order chi connectivity index (χ0) is 12.3. The van der Waals surface area contributed by atoms with Gasteiger partial charge in [-0.3, -0.25) is 4.79 Å². The van der Waals surface area contributed by atoms with Crippen LogP contribution in [0.4, 0.5) is 0 Å². The van der Waals surface area contributed by atoms with Crippen molar-refractivity contribution >= 4 is 23.3 Å². The fourth-order valence-electron chi connectivity index (χ4n) is 2.11. The van der Waals surface area contributed by atoms with E-state index in [1.807, 2.05) is 24.4 Å². The predicted octanol–water partition coefficient (Wildman–Crippen LogP) is 2.05. The Morgan fingerprint density at radius 1 is 1.71 bits per heavy atom. The van der Waals surface area contributed by atoms with Gasteiger partial charge in [0, 0.05) is 17.5 Å². The van der Waals surface area contributed by atoms with Crippen molar-refractivity contribution in [1.29, 1.82) is 0 Å². The van der Waals surface area contributed by atoms with Gasteiger partial charge < -0.3 is 10.0 Å². The average molecular weight is 251 g/mol. The molecule has 0 unspecified atom stereocenters. The molecule has 0 aliphatic carbocycles. The van der Waals surface area contributed by atoms with Crippen molar-refractivity contribution in [3.63, 3.8) is 0 Å². The number of hydrogen-bond donors (Lipinski definition) is 1. The molecule has 1 fully saturated rings. The maximum atomic E-state index is 12.0. The number of aliphatic hydroxyl groups excluding tert-OH is 1. The minimum absolute atomic E-state index is 0.00866. The number of carbonyl (C=O) groups is 1. The van der Waals surface area contributed by atoms with E-state index in [-0.39, 0.29) is 18.6 Å². The van der Waals surface area contributed by atoms with Crippen LogP contribution < -0.4 is 0 Å². The second-order valence-corrected chi connectivity index (χ2v) is 5.26. The number of thiophene rings is 1. The first-order valence-corrected chi connectivity index (χ1v) is 6.74. The first-order valence-electron chi connectivity index (χ1n) is 5.86. The molecule has 2 rings (SSSR count). The number of aryl methyl sites for hydroxylation is 1. The summed E-state index contributed by atoms with van der Waals surface area (Å²) < 4.78 is 0. The van der Waals surface area contributed by atoms with E-state index in [4.69, 9.17) is 5.11 Å². The van der Waals surface area contributed by atoms with Gasteiger partial charge in [0.15, 0.2) is 0 Å². The lowest BCUT2D eigenvalue weighted by Crippen LogP contribution is -2.36. The van der Waals surface area contributed by atoms with Crippen molar-refractivity contribution in [2.45, 2.75) is 25.8 Å². The highest BCUT2D eigenvalue weighted by atomic mass is 32.1. The van der Waals surface area contributed by atoms with Gasteiger partial charge in [-0.25, -0.2) is 0 Å². The van der Waals surface area contributed by atoms with Gasteiger partial charge in [0.05, 0.1) is 12.6 Å². The van der Waals surface area contributed by atoms with E-state index in [9.17, 15) is 4.79 Å². The molecule has 17 heavy (non-hydrogen) atoms. The highest BCUT2D eigenvalue weighted by Crippen LogP contribution is 2.19. The Balaban J connectivity index is 2.02. The van der Waals surface area contributed by atoms with Crippen LogP contribution in [0.25, 0.3) is 6.08 Å². The van der Waals surface area contributed by atoms with E-state index in [0.717, 1.165) is 24.3 Å². The summed E-state index contributed by atoms with van der Waals surface area (Å²) in [6.45, 7) is 2.86. The van der Waals surface area contributed by atoms with Crippen molar-refractivity contribution in [2.75, 3.05) is 13.2 Å². The molecule has 4 heteroatoms. The number of nitrogens with zero attached hydrogens (tertiary/aromatic N) is 1. The van der Waals surface area contributed by atoms with Gasteiger partial charge >= 0.3 is 0 Å². The number of rotatable bonds is 3. The molecule has 0 bridgehead atoms. The van der Waals surface area contributed by atoms with Gasteiger partial charge in [-0.05, 0) is 42.9 Å². The predicted molar refractivity (Wildman–Crippen MR) is 69.9 cm³/mol. The van der Waals surface area contributed by atoms with Crippen LogP contribution in [0.3, 0.4) is 0 Å². The van der Waals surface area contributed by atoms with E-state index in [2.05, 4.69) is 0 Å². The molecular formula is C13H17NO2S. The fraction of sp³-hybridized carbons (Fsp3) is 0.462. The maximum Gasteiger partial charge on any atom is 0.246 e. The molecule has 1 aliphatic rings. The number of likely N-dealkylation sites (tertiary alicyclic amines) is 1. The zero-order valence-electron chi connectivity index (χ0n) is 9.93. The summed E-state index contributed by atoms with van der Waals surface area (Å²) in [6.07, 6.45) is 5.39. The first kappa shape index (κ1) is 12.3. The minimum Gasteiger partial charge on any atom is -0.394 e. The molecule has 0 saturated carbocycles. The fourth-order valence-corrected chi connectivity index (χ4v) is 2.93. The highest BCUT2D eigenvalue weighted by Gasteiger charge is 2.26. The van der Waals surface area contributed by atoms with Gasteiger partial charge in [-0.15, -0.1) is 11.3 Å². The molecular weight excluding hydrogens is 234 g/mol. The summed E-state index contributed by atoms with van der Waals surface area (Å²) in [5.74, 6) is 0.00866. The molecule has 1 aromatic heterocycles. The van der Waals surface area contributed by atoms with Gasteiger partial charge in [0.1, 0.15) is 0 Å². The van der Waals surface area contributed by atoms with Gasteiger partial charge in [-0.2, -0.15) is 0 Å². The van der Waals surface area contributed by atoms with Crippen LogP contribution >= 0.6 is 11.3 Å². The molecule has 1 aromatic rings. The topological polar surface area (TPSA) is 40.5 Å². The molecule has 1 saturated heterocycles. The molecule has 2 heterocycles. The van der Waals surface area contributed by atoms with E-state index < -0.39 is 0 Å². The second-order valence-electron chi connectivity index (χ2n) is 4.31. The SMILES string of the molecule is Cc1ccsc1C=CC(=O)N1CCC[C@@H]1CO. The number of aliphatic hydroxyl groups is 1. The van der Waals surface area contributed by atoms with E-state index in [0.29, 0.717) is 0 Å². The van der Waals surface area contributed by atoms with E-state index in [1.54, 1.807) is 22.3 Å². The third-order valence-corrected chi connectivity index (χ3v) is 4.13. The molecule has 1 amide bonds. The van der Waals surface area contributed by atoms with Gasteiger partial charge in [-0.1, -0.05) is 0 Å². The Morgan fingerprint density at radius 3 is 3.18 bits per heavy atom. The average Bonchev–Trinajstić information content (AvgIpc) is 2.94. The Hall–Kier alpha value is -1.13. The first-order chi connectivity index (χ1) is 8.22. The standard InChI is InChI=1S/C13H17NO2S/c1-10-6-8-17-12(10)4-5-13(16)14-7-2-3-11(14)9-15/h4-6,8,11,15H,2-3,7,9H2,1H3/t11-/m1/s1. The lowest BCUT2D eigenvalue weighted by atomic mass is 10.2. The Labute approximate surface area is 105 Å². The number of hydrogen-bond acceptors (Lipinski definition) is 3. The molecule has 0 radical (unpaired) electrons. The minimum atomic E-state index is 0.00866. The molecule has 0 aromatic carbocycles. The van der Waals surface area contributed by atoms with Crippen molar-refractivity contribution in [1.82, 2.24) is 4.90 Å². The summed E-state index contributed by atoms with van der Waals surface area (Å²) in [4.78, 5) is 14.8. The van der Waals surface area contributed by atoms with Crippen molar-refractivity contribution in [3.05, 3.63) is 28.0 Å². The summed E-state index contributed by atoms with van der Waals surface area (Å²) in [5, 5.41) is 11.2. The van der Waals surface area contributed by atoms with Crippen LogP contribution in [-0.4, -0.2) is 35.1 Å². The molecule has 0 spiro atoms. The largest absolute Gasteiger partial charge is 0.394 e. The Morgan fingerprint density at radius 2 is 2.53 bits per heavy atom. The van der Waals surface area contributed by atoms with Crippen LogP contribution in [0.15, 0.2) is 17.5 Å². The number of carbonyl (C=O) groups excluding carboxylic acids is 1. The molecule has 1 aliphatic heterocycles. The normalized spacial score (nSPS) is 20.4. The van der Waals surface area contributed by atoms with Crippen molar-refractivity contribution in [2.24, 2.45) is 0 Å². The van der Waals surface area contributed by atoms with E-state index >= 15 is 0 Å². The summed E-state index contributed by atoms with van der Waals surface area (Å²) >= 11 is 1.63. The zero-order valence-corrected chi connectivity index (χ0v) is 10.7. The van der Waals surface area contributed by atoms with Crippen LogP contribution in [0, 0.1) is 6.92 Å². The third-order valence-electron chi connectivity index (χ3n) is 3.15. The van der Waals surface area contributed by atoms with Crippen molar-refractivity contribution < 1.29 is 9.90 Å². The summed E-state index contributed by atoms with van der Waals surface area (Å²) in [7, 11) is 0. The summed E-state index contributed by atoms with van der Waals surface area (Å²) in [6, 6.07) is 2.05. The Bertz CT molecular complexity index is 425. The quantitative estimate of drug-likeness (QED) is 0.835. The Kier molecular flexibility index (Phi) is 3.97. The molecule has 3 nitrogen and oxygen atoms in total. The monoisotopic (exact) mass is 251 g/mol. The van der Waals surface area contributed by atoms with E-state index in [1.165, 1.54) is 5.56 Å². The number of amides is 1. The molecule has 1 atom stereocenters. The third kappa shape index (κ3) is 2.76. The van der Waals surface area contributed by atoms with Crippen LogP contribution in [0.2, 0.25) is 0 Å². The van der Waals surface area contributed by atoms with Crippen molar-refractivity contribution in [3.8, 4) is 0 Å². The lowest BCUT2D eigenvalue weighted by molar-refractivity contribution is -0.127.